The molecule has 0 aliphatic rings. The second kappa shape index (κ2) is 8.75. The van der Waals surface area contributed by atoms with Crippen LogP contribution in [0.25, 0.3) is 0 Å². The second-order valence-electron chi connectivity index (χ2n) is 5.40. The molecule has 2 aromatic carbocycles. The number of alkyl halides is 2. The molecular formula is C18H16F2N4O3. The number of nitrogens with one attached hydrogen (secondary N) is 1. The Hall–Kier alpha value is -3.49. The molecule has 0 saturated carbocycles. The zero-order valence-corrected chi connectivity index (χ0v) is 14.1. The van der Waals surface area contributed by atoms with Crippen molar-refractivity contribution in [3.05, 3.63) is 66.7 Å². The number of ether oxygens (including phenoxy) is 2. The van der Waals surface area contributed by atoms with Crippen molar-refractivity contribution in [2.24, 2.45) is 0 Å². The first-order chi connectivity index (χ1) is 13.1. The van der Waals surface area contributed by atoms with Crippen LogP contribution < -0.4 is 14.8 Å². The van der Waals surface area contributed by atoms with E-state index in [9.17, 15) is 13.6 Å². The predicted molar refractivity (Wildman–Crippen MR) is 93.0 cm³/mol. The van der Waals surface area contributed by atoms with Crippen LogP contribution in [0.5, 0.6) is 11.5 Å². The lowest BCUT2D eigenvalue weighted by atomic mass is 10.2. The van der Waals surface area contributed by atoms with Gasteiger partial charge in [0.2, 0.25) is 0 Å². The average Bonchev–Trinajstić information content (AvgIpc) is 3.15. The van der Waals surface area contributed by atoms with Gasteiger partial charge in [-0.25, -0.2) is 9.67 Å². The van der Waals surface area contributed by atoms with Gasteiger partial charge in [-0.1, -0.05) is 12.1 Å². The zero-order valence-electron chi connectivity index (χ0n) is 14.1. The summed E-state index contributed by atoms with van der Waals surface area (Å²) >= 11 is 0. The molecule has 0 aliphatic heterocycles. The van der Waals surface area contributed by atoms with E-state index in [1.54, 1.807) is 35.3 Å². The highest BCUT2D eigenvalue weighted by atomic mass is 19.3. The summed E-state index contributed by atoms with van der Waals surface area (Å²) in [5, 5.41) is 6.67. The van der Waals surface area contributed by atoms with Gasteiger partial charge in [0.15, 0.2) is 0 Å². The molecule has 27 heavy (non-hydrogen) atoms. The number of carbonyl (C=O) groups is 1. The van der Waals surface area contributed by atoms with Gasteiger partial charge in [-0.05, 0) is 30.3 Å². The number of amides is 1. The predicted octanol–water partition coefficient (Wildman–Crippen LogP) is 3.21. The Bertz CT molecular complexity index is 888. The Morgan fingerprint density at radius 1 is 1.15 bits per heavy atom. The lowest BCUT2D eigenvalue weighted by Crippen LogP contribution is -2.13. The molecule has 1 amide bonds. The minimum atomic E-state index is -2.95. The lowest BCUT2D eigenvalue weighted by molar-refractivity contribution is -0.0498. The van der Waals surface area contributed by atoms with Crippen molar-refractivity contribution < 1.29 is 23.0 Å². The Balaban J connectivity index is 1.59. The van der Waals surface area contributed by atoms with Gasteiger partial charge in [-0.15, -0.1) is 0 Å². The number of aromatic nitrogens is 3. The van der Waals surface area contributed by atoms with Crippen molar-refractivity contribution in [1.82, 2.24) is 14.8 Å². The van der Waals surface area contributed by atoms with E-state index in [1.807, 2.05) is 0 Å². The summed E-state index contributed by atoms with van der Waals surface area (Å²) in [5.74, 6) is 0.0417. The van der Waals surface area contributed by atoms with Gasteiger partial charge in [0, 0.05) is 17.3 Å². The van der Waals surface area contributed by atoms with E-state index < -0.39 is 12.5 Å². The first-order valence-electron chi connectivity index (χ1n) is 8.01. The van der Waals surface area contributed by atoms with Gasteiger partial charge in [0.25, 0.3) is 5.91 Å². The molecule has 0 atom stereocenters. The first kappa shape index (κ1) is 18.3. The van der Waals surface area contributed by atoms with Crippen LogP contribution in [-0.2, 0) is 6.54 Å². The van der Waals surface area contributed by atoms with E-state index in [1.165, 1.54) is 30.6 Å². The highest BCUT2D eigenvalue weighted by Gasteiger charge is 2.10. The maximum Gasteiger partial charge on any atom is 0.387 e. The number of benzene rings is 2. The smallest absolute Gasteiger partial charge is 0.387 e. The third-order valence-corrected chi connectivity index (χ3v) is 3.47. The quantitative estimate of drug-likeness (QED) is 0.655. The van der Waals surface area contributed by atoms with Crippen LogP contribution in [0.3, 0.4) is 0 Å². The molecule has 0 saturated heterocycles. The van der Waals surface area contributed by atoms with Gasteiger partial charge in [-0.3, -0.25) is 4.79 Å². The molecule has 0 bridgehead atoms. The van der Waals surface area contributed by atoms with Gasteiger partial charge in [0.1, 0.15) is 30.8 Å². The van der Waals surface area contributed by atoms with E-state index in [4.69, 9.17) is 4.74 Å². The number of rotatable bonds is 8. The summed E-state index contributed by atoms with van der Waals surface area (Å²) in [4.78, 5) is 16.2. The van der Waals surface area contributed by atoms with Crippen LogP contribution in [0, 0.1) is 0 Å². The molecule has 0 unspecified atom stereocenters. The van der Waals surface area contributed by atoms with Crippen molar-refractivity contribution in [2.75, 3.05) is 11.9 Å². The zero-order chi connectivity index (χ0) is 19.1. The Labute approximate surface area is 153 Å². The van der Waals surface area contributed by atoms with Crippen molar-refractivity contribution in [3.63, 3.8) is 0 Å². The molecular weight excluding hydrogens is 358 g/mol. The van der Waals surface area contributed by atoms with Gasteiger partial charge in [0.05, 0.1) is 6.54 Å². The molecule has 0 radical (unpaired) electrons. The Morgan fingerprint density at radius 2 is 1.96 bits per heavy atom. The maximum atomic E-state index is 12.3. The number of nitrogens with zero attached hydrogens (tertiary/aromatic N) is 3. The highest BCUT2D eigenvalue weighted by Crippen LogP contribution is 2.20. The third kappa shape index (κ3) is 5.50. The van der Waals surface area contributed by atoms with E-state index in [2.05, 4.69) is 20.1 Å². The summed E-state index contributed by atoms with van der Waals surface area (Å²) < 4.78 is 36.2. The number of anilines is 1. The van der Waals surface area contributed by atoms with E-state index >= 15 is 0 Å². The topological polar surface area (TPSA) is 78.3 Å². The molecule has 1 heterocycles. The molecule has 0 aliphatic carbocycles. The summed E-state index contributed by atoms with van der Waals surface area (Å²) in [6.07, 6.45) is 3.03. The number of carbonyl (C=O) groups excluding carboxylic acids is 1. The SMILES string of the molecule is O=C(Nc1cccc(OCCn2cncn2)c1)c1cccc(OC(F)F)c1. The van der Waals surface area contributed by atoms with Crippen LogP contribution in [0.4, 0.5) is 14.5 Å². The molecule has 1 N–H and O–H groups in total. The number of hydrogen-bond donors (Lipinski definition) is 1. The fraction of sp³-hybridized carbons (Fsp3) is 0.167. The molecule has 9 heteroatoms. The molecule has 140 valence electrons. The monoisotopic (exact) mass is 374 g/mol. The molecule has 3 aromatic rings. The minimum absolute atomic E-state index is 0.0807. The maximum absolute atomic E-state index is 12.3. The third-order valence-electron chi connectivity index (χ3n) is 3.47. The highest BCUT2D eigenvalue weighted by molar-refractivity contribution is 6.04. The fourth-order valence-electron chi connectivity index (χ4n) is 2.29. The fourth-order valence-corrected chi connectivity index (χ4v) is 2.29. The van der Waals surface area contributed by atoms with Crippen molar-refractivity contribution >= 4 is 11.6 Å². The molecule has 7 nitrogen and oxygen atoms in total. The van der Waals surface area contributed by atoms with Crippen molar-refractivity contribution in [1.29, 1.82) is 0 Å². The summed E-state index contributed by atoms with van der Waals surface area (Å²) in [6, 6.07) is 12.4. The Morgan fingerprint density at radius 3 is 2.74 bits per heavy atom. The van der Waals surface area contributed by atoms with Crippen molar-refractivity contribution in [2.45, 2.75) is 13.2 Å². The standard InChI is InChI=1S/C18H16F2N4O3/c19-18(20)27-16-6-1-3-13(9-16)17(25)23-14-4-2-5-15(10-14)26-8-7-24-12-21-11-22-24/h1-6,9-12,18H,7-8H2,(H,23,25). The summed E-state index contributed by atoms with van der Waals surface area (Å²) in [5.41, 5.74) is 0.712. The molecule has 3 rings (SSSR count). The van der Waals surface area contributed by atoms with Crippen LogP contribution >= 0.6 is 0 Å². The first-order valence-corrected chi connectivity index (χ1v) is 8.01. The number of hydrogen-bond acceptors (Lipinski definition) is 5. The van der Waals surface area contributed by atoms with Gasteiger partial charge >= 0.3 is 6.61 Å². The number of halogens is 2. The van der Waals surface area contributed by atoms with Crippen LogP contribution in [0.2, 0.25) is 0 Å². The van der Waals surface area contributed by atoms with E-state index in [0.29, 0.717) is 24.6 Å². The van der Waals surface area contributed by atoms with Gasteiger partial charge in [-0.2, -0.15) is 13.9 Å². The summed E-state index contributed by atoms with van der Waals surface area (Å²) in [6.45, 7) is -2.03. The van der Waals surface area contributed by atoms with Gasteiger partial charge < -0.3 is 14.8 Å². The van der Waals surface area contributed by atoms with Crippen LogP contribution in [-0.4, -0.2) is 33.9 Å². The largest absolute Gasteiger partial charge is 0.492 e. The van der Waals surface area contributed by atoms with Crippen LogP contribution in [0.15, 0.2) is 61.2 Å². The lowest BCUT2D eigenvalue weighted by Gasteiger charge is -2.10. The summed E-state index contributed by atoms with van der Waals surface area (Å²) in [7, 11) is 0. The second-order valence-corrected chi connectivity index (χ2v) is 5.40. The van der Waals surface area contributed by atoms with E-state index in [0.717, 1.165) is 0 Å². The Kier molecular flexibility index (Phi) is 5.93. The molecule has 1 aromatic heterocycles. The van der Waals surface area contributed by atoms with E-state index in [-0.39, 0.29) is 11.3 Å². The minimum Gasteiger partial charge on any atom is -0.492 e. The van der Waals surface area contributed by atoms with Crippen LogP contribution in [0.1, 0.15) is 10.4 Å². The normalized spacial score (nSPS) is 10.6. The van der Waals surface area contributed by atoms with Crippen molar-refractivity contribution in [3.8, 4) is 11.5 Å². The average molecular weight is 374 g/mol. The molecule has 0 fully saturated rings. The molecule has 0 spiro atoms.